The van der Waals surface area contributed by atoms with Gasteiger partial charge in [0.05, 0.1) is 19.4 Å². The maximum atomic E-state index is 12.7. The third-order valence-electron chi connectivity index (χ3n) is 5.08. The fourth-order valence-corrected chi connectivity index (χ4v) is 4.47. The molecule has 2 N–H and O–H groups in total. The third-order valence-corrected chi connectivity index (χ3v) is 6.29. The van der Waals surface area contributed by atoms with E-state index in [2.05, 4.69) is 28.6 Å². The lowest BCUT2D eigenvalue weighted by Gasteiger charge is -2.21. The quantitative estimate of drug-likeness (QED) is 0.343. The Morgan fingerprint density at radius 1 is 1.19 bits per heavy atom. The van der Waals surface area contributed by atoms with Gasteiger partial charge in [0.2, 0.25) is 0 Å². The van der Waals surface area contributed by atoms with E-state index in [0.717, 1.165) is 39.7 Å². The molecular formula is C25H25N3O3S. The number of aryl methyl sites for hydroxylation is 2. The first kappa shape index (κ1) is 21.6. The van der Waals surface area contributed by atoms with Gasteiger partial charge >= 0.3 is 0 Å². The molecule has 1 atom stereocenters. The van der Waals surface area contributed by atoms with Gasteiger partial charge in [-0.15, -0.1) is 11.3 Å². The Bertz CT molecular complexity index is 1200. The molecule has 164 valence electrons. The smallest absolute Gasteiger partial charge is 0.291 e. The fraction of sp³-hybridized carbons (Fsp3) is 0.200. The number of carbonyl (C=O) groups is 1. The Morgan fingerprint density at radius 3 is 2.78 bits per heavy atom. The number of ether oxygens (including phenoxy) is 1. The average molecular weight is 448 g/mol. The van der Waals surface area contributed by atoms with E-state index in [1.165, 1.54) is 11.1 Å². The minimum absolute atomic E-state index is 0.247. The second-order valence-corrected chi connectivity index (χ2v) is 8.49. The third kappa shape index (κ3) is 4.84. The number of methoxy groups -OCH3 is 1. The summed E-state index contributed by atoms with van der Waals surface area (Å²) < 4.78 is 10.7. The minimum atomic E-state index is -0.279. The Kier molecular flexibility index (Phi) is 6.56. The van der Waals surface area contributed by atoms with Gasteiger partial charge in [-0.25, -0.2) is 4.98 Å². The molecule has 1 amide bonds. The van der Waals surface area contributed by atoms with Crippen LogP contribution in [0.2, 0.25) is 0 Å². The summed E-state index contributed by atoms with van der Waals surface area (Å²) in [5.41, 5.74) is 3.07. The maximum Gasteiger partial charge on any atom is 0.291 e. The van der Waals surface area contributed by atoms with Crippen molar-refractivity contribution in [3.8, 4) is 5.75 Å². The van der Waals surface area contributed by atoms with Crippen molar-refractivity contribution in [1.82, 2.24) is 4.98 Å². The van der Waals surface area contributed by atoms with Crippen molar-refractivity contribution in [2.45, 2.75) is 26.3 Å². The van der Waals surface area contributed by atoms with Crippen LogP contribution in [0.1, 0.15) is 45.1 Å². The number of benzene rings is 1. The first-order chi connectivity index (χ1) is 15.6. The van der Waals surface area contributed by atoms with E-state index in [1.54, 1.807) is 36.8 Å². The average Bonchev–Trinajstić information content (AvgIpc) is 3.48. The summed E-state index contributed by atoms with van der Waals surface area (Å²) in [5.74, 6) is 1.51. The SMILES string of the molecule is CCc1cc([C@H](Nc2cc(C)ccn2)c2cccc(OC)c2)c(NC(=O)c2ccco2)s1. The molecule has 4 aromatic rings. The fourth-order valence-electron chi connectivity index (χ4n) is 3.44. The van der Waals surface area contributed by atoms with Crippen molar-refractivity contribution in [2.75, 3.05) is 17.7 Å². The van der Waals surface area contributed by atoms with Crippen molar-refractivity contribution < 1.29 is 13.9 Å². The monoisotopic (exact) mass is 447 g/mol. The van der Waals surface area contributed by atoms with Gasteiger partial charge in [-0.2, -0.15) is 0 Å². The molecule has 0 bridgehead atoms. The lowest BCUT2D eigenvalue weighted by Crippen LogP contribution is -2.17. The summed E-state index contributed by atoms with van der Waals surface area (Å²) in [6.45, 7) is 4.13. The molecule has 0 unspecified atom stereocenters. The zero-order valence-corrected chi connectivity index (χ0v) is 19.0. The molecule has 6 nitrogen and oxygen atoms in total. The van der Waals surface area contributed by atoms with Gasteiger partial charge in [0.25, 0.3) is 5.91 Å². The van der Waals surface area contributed by atoms with Gasteiger partial charge in [-0.1, -0.05) is 19.1 Å². The number of rotatable bonds is 8. The molecule has 3 aromatic heterocycles. The second-order valence-electron chi connectivity index (χ2n) is 7.35. The topological polar surface area (TPSA) is 76.4 Å². The second kappa shape index (κ2) is 9.70. The number of aromatic nitrogens is 1. The van der Waals surface area contributed by atoms with Crippen LogP contribution < -0.4 is 15.4 Å². The Balaban J connectivity index is 1.77. The molecule has 3 heterocycles. The van der Waals surface area contributed by atoms with E-state index >= 15 is 0 Å². The molecule has 0 aliphatic carbocycles. The van der Waals surface area contributed by atoms with E-state index in [-0.39, 0.29) is 17.7 Å². The highest BCUT2D eigenvalue weighted by molar-refractivity contribution is 7.16. The molecule has 0 saturated heterocycles. The lowest BCUT2D eigenvalue weighted by atomic mass is 9.99. The minimum Gasteiger partial charge on any atom is -0.497 e. The molecule has 0 aliphatic heterocycles. The molecule has 0 radical (unpaired) electrons. The van der Waals surface area contributed by atoms with Crippen LogP contribution in [0.25, 0.3) is 0 Å². The molecule has 7 heteroatoms. The largest absolute Gasteiger partial charge is 0.497 e. The number of nitrogens with zero attached hydrogens (tertiary/aromatic N) is 1. The summed E-state index contributed by atoms with van der Waals surface area (Å²) in [4.78, 5) is 18.4. The van der Waals surface area contributed by atoms with Crippen molar-refractivity contribution in [2.24, 2.45) is 0 Å². The molecule has 32 heavy (non-hydrogen) atoms. The van der Waals surface area contributed by atoms with Crippen LogP contribution in [0.4, 0.5) is 10.8 Å². The van der Waals surface area contributed by atoms with Gasteiger partial charge in [0, 0.05) is 16.6 Å². The summed E-state index contributed by atoms with van der Waals surface area (Å²) in [7, 11) is 1.65. The van der Waals surface area contributed by atoms with E-state index < -0.39 is 0 Å². The predicted molar refractivity (Wildman–Crippen MR) is 128 cm³/mol. The normalized spacial score (nSPS) is 11.7. The number of thiophene rings is 1. The summed E-state index contributed by atoms with van der Waals surface area (Å²) in [5, 5.41) is 7.37. The van der Waals surface area contributed by atoms with Crippen molar-refractivity contribution in [1.29, 1.82) is 0 Å². The Labute approximate surface area is 191 Å². The van der Waals surface area contributed by atoms with Gasteiger partial charge < -0.3 is 19.8 Å². The Hall–Kier alpha value is -3.58. The maximum absolute atomic E-state index is 12.7. The molecule has 0 fully saturated rings. The standard InChI is InChI=1S/C25H25N3O3S/c1-4-19-15-20(25(32-19)28-24(29)21-9-6-12-31-21)23(17-7-5-8-18(14-17)30-3)27-22-13-16(2)10-11-26-22/h5-15,23H,4H2,1-3H3,(H,26,27)(H,28,29)/t23-/m1/s1. The lowest BCUT2D eigenvalue weighted by molar-refractivity contribution is 0.0997. The van der Waals surface area contributed by atoms with Crippen molar-refractivity contribution >= 4 is 28.1 Å². The van der Waals surface area contributed by atoms with Gasteiger partial charge in [-0.05, 0) is 66.9 Å². The first-order valence-corrected chi connectivity index (χ1v) is 11.2. The van der Waals surface area contributed by atoms with E-state index in [1.807, 2.05) is 43.3 Å². The van der Waals surface area contributed by atoms with Crippen LogP contribution in [0, 0.1) is 6.92 Å². The summed E-state index contributed by atoms with van der Waals surface area (Å²) in [6, 6.07) is 17.1. The number of anilines is 2. The van der Waals surface area contributed by atoms with Crippen LogP contribution in [0.3, 0.4) is 0 Å². The first-order valence-electron chi connectivity index (χ1n) is 10.4. The summed E-state index contributed by atoms with van der Waals surface area (Å²) >= 11 is 1.57. The van der Waals surface area contributed by atoms with Crippen LogP contribution in [0.15, 0.2) is 71.5 Å². The van der Waals surface area contributed by atoms with Crippen LogP contribution in [-0.4, -0.2) is 18.0 Å². The number of hydrogen-bond acceptors (Lipinski definition) is 6. The number of pyridine rings is 1. The van der Waals surface area contributed by atoms with Crippen LogP contribution >= 0.6 is 11.3 Å². The highest BCUT2D eigenvalue weighted by Gasteiger charge is 2.23. The molecule has 4 rings (SSSR count). The number of nitrogens with one attached hydrogen (secondary N) is 2. The number of carbonyl (C=O) groups excluding carboxylic acids is 1. The van der Waals surface area contributed by atoms with E-state index in [4.69, 9.17) is 9.15 Å². The van der Waals surface area contributed by atoms with Gasteiger partial charge in [0.1, 0.15) is 16.6 Å². The zero-order chi connectivity index (χ0) is 22.5. The Morgan fingerprint density at radius 2 is 2.06 bits per heavy atom. The highest BCUT2D eigenvalue weighted by Crippen LogP contribution is 2.39. The molecule has 0 saturated carbocycles. The van der Waals surface area contributed by atoms with Crippen molar-refractivity contribution in [3.05, 3.63) is 94.4 Å². The highest BCUT2D eigenvalue weighted by atomic mass is 32.1. The van der Waals surface area contributed by atoms with Crippen LogP contribution in [-0.2, 0) is 6.42 Å². The van der Waals surface area contributed by atoms with Crippen molar-refractivity contribution in [3.63, 3.8) is 0 Å². The predicted octanol–water partition coefficient (Wildman–Crippen LogP) is 6.07. The summed E-state index contributed by atoms with van der Waals surface area (Å²) in [6.07, 6.45) is 4.14. The molecule has 1 aromatic carbocycles. The molecule has 0 aliphatic rings. The van der Waals surface area contributed by atoms with Crippen LogP contribution in [0.5, 0.6) is 5.75 Å². The van der Waals surface area contributed by atoms with E-state index in [0.29, 0.717) is 0 Å². The zero-order valence-electron chi connectivity index (χ0n) is 18.2. The molecule has 0 spiro atoms. The number of amides is 1. The van der Waals surface area contributed by atoms with Gasteiger partial charge in [0.15, 0.2) is 5.76 Å². The number of hydrogen-bond donors (Lipinski definition) is 2. The molecular weight excluding hydrogens is 422 g/mol. The van der Waals surface area contributed by atoms with Gasteiger partial charge in [-0.3, -0.25) is 4.79 Å². The van der Waals surface area contributed by atoms with E-state index in [9.17, 15) is 4.79 Å². The number of furan rings is 1.